The van der Waals surface area contributed by atoms with Gasteiger partial charge in [0.25, 0.3) is 0 Å². The molecular weight excluding hydrogens is 162 g/mol. The van der Waals surface area contributed by atoms with Crippen molar-refractivity contribution in [2.45, 2.75) is 19.8 Å². The molecule has 0 saturated carbocycles. The molecule has 0 N–H and O–H groups in total. The van der Waals surface area contributed by atoms with Gasteiger partial charge in [-0.25, -0.2) is 9.97 Å². The molecule has 2 rings (SSSR count). The number of hydrogen-bond donors (Lipinski definition) is 0. The van der Waals surface area contributed by atoms with Gasteiger partial charge in [0, 0.05) is 18.6 Å². The van der Waals surface area contributed by atoms with Crippen molar-refractivity contribution in [2.24, 2.45) is 0 Å². The largest absolute Gasteiger partial charge is 0.251 e. The van der Waals surface area contributed by atoms with Gasteiger partial charge < -0.3 is 0 Å². The van der Waals surface area contributed by atoms with E-state index in [1.807, 2.05) is 6.20 Å². The third kappa shape index (κ3) is 1.64. The van der Waals surface area contributed by atoms with Crippen LogP contribution in [0.2, 0.25) is 0 Å². The maximum absolute atomic E-state index is 4.23. The van der Waals surface area contributed by atoms with Crippen LogP contribution in [0.15, 0.2) is 24.7 Å². The zero-order chi connectivity index (χ0) is 9.10. The van der Waals surface area contributed by atoms with E-state index < -0.39 is 0 Å². The average Bonchev–Trinajstić information content (AvgIpc) is 2.18. The first kappa shape index (κ1) is 8.10. The van der Waals surface area contributed by atoms with Gasteiger partial charge in [-0.1, -0.05) is 13.3 Å². The molecule has 0 bridgehead atoms. The lowest BCUT2D eigenvalue weighted by Crippen LogP contribution is -1.90. The van der Waals surface area contributed by atoms with Crippen LogP contribution >= 0.6 is 0 Å². The molecule has 3 heteroatoms. The highest BCUT2D eigenvalue weighted by Crippen LogP contribution is 2.08. The van der Waals surface area contributed by atoms with Crippen molar-refractivity contribution in [1.29, 1.82) is 0 Å². The summed E-state index contributed by atoms with van der Waals surface area (Å²) < 4.78 is 0. The minimum Gasteiger partial charge on any atom is -0.251 e. The molecule has 0 aromatic carbocycles. The van der Waals surface area contributed by atoms with Crippen LogP contribution < -0.4 is 0 Å². The number of aryl methyl sites for hydroxylation is 1. The monoisotopic (exact) mass is 173 g/mol. The number of rotatable bonds is 2. The quantitative estimate of drug-likeness (QED) is 0.697. The smallest absolute Gasteiger partial charge is 0.178 e. The highest BCUT2D eigenvalue weighted by Gasteiger charge is 1.97. The molecule has 0 fully saturated rings. The average molecular weight is 173 g/mol. The molecule has 0 aliphatic heterocycles. The summed E-state index contributed by atoms with van der Waals surface area (Å²) in [6.07, 6.45) is 7.42. The highest BCUT2D eigenvalue weighted by molar-refractivity contribution is 5.69. The fourth-order valence-electron chi connectivity index (χ4n) is 1.33. The van der Waals surface area contributed by atoms with E-state index in [1.165, 1.54) is 5.56 Å². The van der Waals surface area contributed by atoms with Gasteiger partial charge in [0.2, 0.25) is 0 Å². The van der Waals surface area contributed by atoms with Gasteiger partial charge in [0.05, 0.1) is 0 Å². The number of nitrogens with zero attached hydrogens (tertiary/aromatic N) is 3. The summed E-state index contributed by atoms with van der Waals surface area (Å²) >= 11 is 0. The molecule has 0 aliphatic rings. The molecule has 0 saturated heterocycles. The van der Waals surface area contributed by atoms with Crippen LogP contribution in [0.3, 0.4) is 0 Å². The lowest BCUT2D eigenvalue weighted by atomic mass is 10.2. The SMILES string of the molecule is CCCc1cnc2nccnc2c1. The Morgan fingerprint density at radius 2 is 2.00 bits per heavy atom. The first-order chi connectivity index (χ1) is 6.40. The summed E-state index contributed by atoms with van der Waals surface area (Å²) in [7, 11) is 0. The van der Waals surface area contributed by atoms with E-state index in [-0.39, 0.29) is 0 Å². The van der Waals surface area contributed by atoms with Crippen molar-refractivity contribution in [3.63, 3.8) is 0 Å². The summed E-state index contributed by atoms with van der Waals surface area (Å²) in [6, 6.07) is 2.05. The van der Waals surface area contributed by atoms with Crippen LogP contribution in [0, 0.1) is 0 Å². The van der Waals surface area contributed by atoms with Crippen molar-refractivity contribution >= 4 is 11.2 Å². The van der Waals surface area contributed by atoms with Crippen LogP contribution in [0.1, 0.15) is 18.9 Å². The lowest BCUT2D eigenvalue weighted by Gasteiger charge is -1.98. The van der Waals surface area contributed by atoms with Gasteiger partial charge in [-0.2, -0.15) is 0 Å². The van der Waals surface area contributed by atoms with Crippen molar-refractivity contribution in [2.75, 3.05) is 0 Å². The van der Waals surface area contributed by atoms with Gasteiger partial charge in [-0.15, -0.1) is 0 Å². The number of aromatic nitrogens is 3. The van der Waals surface area contributed by atoms with E-state index in [0.717, 1.165) is 24.0 Å². The summed E-state index contributed by atoms with van der Waals surface area (Å²) in [5.74, 6) is 0. The summed E-state index contributed by atoms with van der Waals surface area (Å²) in [6.45, 7) is 2.15. The Bertz CT molecular complexity index is 412. The number of hydrogen-bond acceptors (Lipinski definition) is 3. The molecule has 0 radical (unpaired) electrons. The maximum atomic E-state index is 4.23. The molecule has 0 amide bonds. The van der Waals surface area contributed by atoms with Crippen LogP contribution in [0.25, 0.3) is 11.2 Å². The third-order valence-electron chi connectivity index (χ3n) is 1.92. The van der Waals surface area contributed by atoms with Crippen LogP contribution in [-0.2, 0) is 6.42 Å². The predicted molar refractivity (Wildman–Crippen MR) is 51.3 cm³/mol. The fraction of sp³-hybridized carbons (Fsp3) is 0.300. The van der Waals surface area contributed by atoms with Crippen molar-refractivity contribution in [3.05, 3.63) is 30.2 Å². The molecule has 66 valence electrons. The molecule has 2 heterocycles. The summed E-state index contributed by atoms with van der Waals surface area (Å²) in [5.41, 5.74) is 2.84. The van der Waals surface area contributed by atoms with E-state index in [4.69, 9.17) is 0 Å². The maximum Gasteiger partial charge on any atom is 0.178 e. The Balaban J connectivity index is 2.49. The zero-order valence-corrected chi connectivity index (χ0v) is 7.57. The zero-order valence-electron chi connectivity index (χ0n) is 7.57. The summed E-state index contributed by atoms with van der Waals surface area (Å²) in [5, 5.41) is 0. The normalized spacial score (nSPS) is 10.5. The molecule has 0 unspecified atom stereocenters. The van der Waals surface area contributed by atoms with Crippen LogP contribution in [0.4, 0.5) is 0 Å². The fourth-order valence-corrected chi connectivity index (χ4v) is 1.33. The molecular formula is C10H11N3. The molecule has 0 atom stereocenters. The first-order valence-corrected chi connectivity index (χ1v) is 4.46. The standard InChI is InChI=1S/C10H11N3/c1-2-3-8-6-9-10(13-7-8)12-5-4-11-9/h4-7H,2-3H2,1H3. The molecule has 2 aromatic heterocycles. The second-order valence-electron chi connectivity index (χ2n) is 2.99. The van der Waals surface area contributed by atoms with E-state index in [1.54, 1.807) is 12.4 Å². The second kappa shape index (κ2) is 3.47. The minimum atomic E-state index is 0.724. The molecule has 13 heavy (non-hydrogen) atoms. The Hall–Kier alpha value is -1.51. The van der Waals surface area contributed by atoms with Gasteiger partial charge >= 0.3 is 0 Å². The van der Waals surface area contributed by atoms with E-state index in [9.17, 15) is 0 Å². The van der Waals surface area contributed by atoms with Gasteiger partial charge in [0.1, 0.15) is 5.52 Å². The second-order valence-corrected chi connectivity index (χ2v) is 2.99. The van der Waals surface area contributed by atoms with Gasteiger partial charge in [-0.05, 0) is 18.1 Å². The lowest BCUT2D eigenvalue weighted by molar-refractivity contribution is 0.915. The number of pyridine rings is 1. The molecule has 3 nitrogen and oxygen atoms in total. The summed E-state index contributed by atoms with van der Waals surface area (Å²) in [4.78, 5) is 12.5. The van der Waals surface area contributed by atoms with E-state index in [2.05, 4.69) is 27.9 Å². The number of fused-ring (bicyclic) bond motifs is 1. The predicted octanol–water partition coefficient (Wildman–Crippen LogP) is 1.98. The molecule has 0 spiro atoms. The van der Waals surface area contributed by atoms with Crippen LogP contribution in [0.5, 0.6) is 0 Å². The molecule has 0 aliphatic carbocycles. The van der Waals surface area contributed by atoms with E-state index >= 15 is 0 Å². The first-order valence-electron chi connectivity index (χ1n) is 4.46. The van der Waals surface area contributed by atoms with Crippen molar-refractivity contribution in [3.8, 4) is 0 Å². The van der Waals surface area contributed by atoms with Gasteiger partial charge in [-0.3, -0.25) is 4.98 Å². The third-order valence-corrected chi connectivity index (χ3v) is 1.92. The molecule has 2 aromatic rings. The Morgan fingerprint density at radius 1 is 1.15 bits per heavy atom. The Kier molecular flexibility index (Phi) is 2.17. The minimum absolute atomic E-state index is 0.724. The Morgan fingerprint density at radius 3 is 2.85 bits per heavy atom. The highest BCUT2D eigenvalue weighted by atomic mass is 14.9. The van der Waals surface area contributed by atoms with E-state index in [0.29, 0.717) is 0 Å². The topological polar surface area (TPSA) is 38.7 Å². The van der Waals surface area contributed by atoms with Crippen molar-refractivity contribution in [1.82, 2.24) is 15.0 Å². The van der Waals surface area contributed by atoms with Crippen molar-refractivity contribution < 1.29 is 0 Å². The Labute approximate surface area is 76.9 Å². The van der Waals surface area contributed by atoms with Gasteiger partial charge in [0.15, 0.2) is 5.65 Å². The van der Waals surface area contributed by atoms with Crippen LogP contribution in [-0.4, -0.2) is 15.0 Å².